The fourth-order valence-electron chi connectivity index (χ4n) is 1.48. The normalized spacial score (nSPS) is 10.6. The number of aromatic nitrogens is 2. The van der Waals surface area contributed by atoms with Crippen molar-refractivity contribution in [3.63, 3.8) is 0 Å². The number of ether oxygens (including phenoxy) is 1. The molecule has 2 aromatic rings. The third kappa shape index (κ3) is 2.68. The molecule has 1 aromatic heterocycles. The van der Waals surface area contributed by atoms with Crippen LogP contribution in [0.15, 0.2) is 36.7 Å². The molecule has 2 rings (SSSR count). The second-order valence-electron chi connectivity index (χ2n) is 4.18. The number of carboxylic acids is 1. The van der Waals surface area contributed by atoms with E-state index in [1.807, 2.05) is 13.8 Å². The van der Waals surface area contributed by atoms with Crippen LogP contribution in [0, 0.1) is 0 Å². The van der Waals surface area contributed by atoms with E-state index in [0.29, 0.717) is 11.5 Å². The molecule has 0 aliphatic heterocycles. The smallest absolute Gasteiger partial charge is 0.335 e. The number of hydrogen-bond donors (Lipinski definition) is 1. The molecule has 0 atom stereocenters. The van der Waals surface area contributed by atoms with E-state index in [0.717, 1.165) is 0 Å². The topological polar surface area (TPSA) is 64.3 Å². The summed E-state index contributed by atoms with van der Waals surface area (Å²) in [6.45, 7) is 4.03. The summed E-state index contributed by atoms with van der Waals surface area (Å²) < 4.78 is 7.33. The molecular formula is C13H14N2O3. The van der Waals surface area contributed by atoms with Crippen LogP contribution in [0.4, 0.5) is 0 Å². The van der Waals surface area contributed by atoms with Crippen LogP contribution in [0.1, 0.15) is 30.2 Å². The van der Waals surface area contributed by atoms with Crippen LogP contribution in [0.25, 0.3) is 0 Å². The van der Waals surface area contributed by atoms with E-state index in [2.05, 4.69) is 5.10 Å². The van der Waals surface area contributed by atoms with Gasteiger partial charge in [-0.1, -0.05) is 6.07 Å². The van der Waals surface area contributed by atoms with Gasteiger partial charge in [0.15, 0.2) is 5.75 Å². The van der Waals surface area contributed by atoms with Crippen molar-refractivity contribution in [2.45, 2.75) is 19.9 Å². The van der Waals surface area contributed by atoms with E-state index in [4.69, 9.17) is 9.84 Å². The molecule has 0 unspecified atom stereocenters. The van der Waals surface area contributed by atoms with Crippen LogP contribution in [-0.4, -0.2) is 20.9 Å². The lowest BCUT2D eigenvalue weighted by Gasteiger charge is -2.04. The first-order chi connectivity index (χ1) is 8.56. The van der Waals surface area contributed by atoms with Crippen molar-refractivity contribution in [1.82, 2.24) is 9.78 Å². The lowest BCUT2D eigenvalue weighted by atomic mass is 10.2. The van der Waals surface area contributed by atoms with Crippen LogP contribution in [-0.2, 0) is 0 Å². The van der Waals surface area contributed by atoms with Crippen molar-refractivity contribution in [3.8, 4) is 11.5 Å². The van der Waals surface area contributed by atoms with Crippen molar-refractivity contribution in [1.29, 1.82) is 0 Å². The molecule has 0 aliphatic carbocycles. The SMILES string of the molecule is CC(C)n1cc(Oc2cccc(C(=O)O)c2)cn1. The number of hydrogen-bond acceptors (Lipinski definition) is 3. The molecule has 1 N–H and O–H groups in total. The molecule has 0 aliphatic rings. The summed E-state index contributed by atoms with van der Waals surface area (Å²) in [5.74, 6) is 0.0998. The van der Waals surface area contributed by atoms with Crippen molar-refractivity contribution in [2.24, 2.45) is 0 Å². The van der Waals surface area contributed by atoms with Crippen LogP contribution >= 0.6 is 0 Å². The summed E-state index contributed by atoms with van der Waals surface area (Å²) in [5.41, 5.74) is 0.198. The van der Waals surface area contributed by atoms with Crippen molar-refractivity contribution in [3.05, 3.63) is 42.2 Å². The quantitative estimate of drug-likeness (QED) is 0.900. The second-order valence-corrected chi connectivity index (χ2v) is 4.18. The van der Waals surface area contributed by atoms with Crippen LogP contribution in [0.3, 0.4) is 0 Å². The Kier molecular flexibility index (Phi) is 3.32. The predicted octanol–water partition coefficient (Wildman–Crippen LogP) is 2.95. The first-order valence-corrected chi connectivity index (χ1v) is 5.61. The Morgan fingerprint density at radius 2 is 2.17 bits per heavy atom. The van der Waals surface area contributed by atoms with Gasteiger partial charge in [0, 0.05) is 6.04 Å². The summed E-state index contributed by atoms with van der Waals surface area (Å²) >= 11 is 0. The van der Waals surface area contributed by atoms with Gasteiger partial charge in [0.1, 0.15) is 5.75 Å². The number of nitrogens with zero attached hydrogens (tertiary/aromatic N) is 2. The highest BCUT2D eigenvalue weighted by molar-refractivity contribution is 5.88. The molecule has 18 heavy (non-hydrogen) atoms. The van der Waals surface area contributed by atoms with E-state index in [-0.39, 0.29) is 11.6 Å². The molecule has 0 spiro atoms. The first kappa shape index (κ1) is 12.2. The summed E-state index contributed by atoms with van der Waals surface area (Å²) in [4.78, 5) is 10.8. The maximum absolute atomic E-state index is 10.8. The highest BCUT2D eigenvalue weighted by Gasteiger charge is 2.06. The zero-order valence-electron chi connectivity index (χ0n) is 10.2. The van der Waals surface area contributed by atoms with Gasteiger partial charge in [-0.15, -0.1) is 0 Å². The average Bonchev–Trinajstić information content (AvgIpc) is 2.78. The highest BCUT2D eigenvalue weighted by Crippen LogP contribution is 2.22. The van der Waals surface area contributed by atoms with Gasteiger partial charge in [-0.2, -0.15) is 5.10 Å². The Morgan fingerprint density at radius 3 is 2.78 bits per heavy atom. The molecular weight excluding hydrogens is 232 g/mol. The van der Waals surface area contributed by atoms with E-state index < -0.39 is 5.97 Å². The Bertz CT molecular complexity index is 561. The zero-order chi connectivity index (χ0) is 13.1. The molecule has 5 nitrogen and oxygen atoms in total. The lowest BCUT2D eigenvalue weighted by molar-refractivity contribution is 0.0696. The molecule has 0 saturated heterocycles. The van der Waals surface area contributed by atoms with E-state index in [9.17, 15) is 4.79 Å². The van der Waals surface area contributed by atoms with Crippen molar-refractivity contribution in [2.75, 3.05) is 0 Å². The number of aromatic carboxylic acids is 1. The number of carboxylic acid groups (broad SMARTS) is 1. The fraction of sp³-hybridized carbons (Fsp3) is 0.231. The van der Waals surface area contributed by atoms with Gasteiger partial charge in [0.25, 0.3) is 0 Å². The van der Waals surface area contributed by atoms with Gasteiger partial charge < -0.3 is 9.84 Å². The molecule has 0 radical (unpaired) electrons. The van der Waals surface area contributed by atoms with Crippen LogP contribution in [0.2, 0.25) is 0 Å². The van der Waals surface area contributed by atoms with Gasteiger partial charge in [-0.3, -0.25) is 4.68 Å². The Labute approximate surface area is 105 Å². The minimum Gasteiger partial charge on any atom is -0.478 e. The molecule has 0 saturated carbocycles. The minimum absolute atomic E-state index is 0.198. The van der Waals surface area contributed by atoms with Crippen LogP contribution in [0.5, 0.6) is 11.5 Å². The minimum atomic E-state index is -0.974. The van der Waals surface area contributed by atoms with Crippen LogP contribution < -0.4 is 4.74 Å². The first-order valence-electron chi connectivity index (χ1n) is 5.61. The van der Waals surface area contributed by atoms with Gasteiger partial charge in [0.2, 0.25) is 0 Å². The summed E-state index contributed by atoms with van der Waals surface area (Å²) in [7, 11) is 0. The maximum atomic E-state index is 10.8. The Hall–Kier alpha value is -2.30. The lowest BCUT2D eigenvalue weighted by Crippen LogP contribution is -1.99. The second kappa shape index (κ2) is 4.91. The molecule has 0 amide bonds. The predicted molar refractivity (Wildman–Crippen MR) is 66.1 cm³/mol. The van der Waals surface area contributed by atoms with Gasteiger partial charge in [-0.25, -0.2) is 4.79 Å². The highest BCUT2D eigenvalue weighted by atomic mass is 16.5. The monoisotopic (exact) mass is 246 g/mol. The molecule has 0 bridgehead atoms. The molecule has 1 aromatic carbocycles. The van der Waals surface area contributed by atoms with Gasteiger partial charge in [-0.05, 0) is 32.0 Å². The molecule has 94 valence electrons. The average molecular weight is 246 g/mol. The fourth-order valence-corrected chi connectivity index (χ4v) is 1.48. The maximum Gasteiger partial charge on any atom is 0.335 e. The molecule has 0 fully saturated rings. The molecule has 1 heterocycles. The number of carbonyl (C=O) groups is 1. The van der Waals surface area contributed by atoms with E-state index in [1.54, 1.807) is 29.2 Å². The van der Waals surface area contributed by atoms with Gasteiger partial charge >= 0.3 is 5.97 Å². The number of rotatable bonds is 4. The summed E-state index contributed by atoms with van der Waals surface area (Å²) in [6, 6.07) is 6.61. The van der Waals surface area contributed by atoms with E-state index in [1.165, 1.54) is 12.1 Å². The van der Waals surface area contributed by atoms with Gasteiger partial charge in [0.05, 0.1) is 18.0 Å². The van der Waals surface area contributed by atoms with Crippen molar-refractivity contribution < 1.29 is 14.6 Å². The number of benzene rings is 1. The van der Waals surface area contributed by atoms with E-state index >= 15 is 0 Å². The Morgan fingerprint density at radius 1 is 1.39 bits per heavy atom. The third-order valence-corrected chi connectivity index (χ3v) is 2.42. The van der Waals surface area contributed by atoms with Crippen molar-refractivity contribution >= 4 is 5.97 Å². The summed E-state index contributed by atoms with van der Waals surface area (Å²) in [6.07, 6.45) is 3.38. The largest absolute Gasteiger partial charge is 0.478 e. The standard InChI is InChI=1S/C13H14N2O3/c1-9(2)15-8-12(7-14-15)18-11-5-3-4-10(6-11)13(16)17/h3-9H,1-2H3,(H,16,17). The Balaban J connectivity index is 2.17. The third-order valence-electron chi connectivity index (χ3n) is 2.42. The zero-order valence-corrected chi connectivity index (χ0v) is 10.2. The summed E-state index contributed by atoms with van der Waals surface area (Å²) in [5, 5.41) is 13.0. The molecule has 5 heteroatoms.